The maximum absolute atomic E-state index is 13.6. The van der Waals surface area contributed by atoms with Crippen molar-refractivity contribution in [2.45, 2.75) is 30.0 Å². The van der Waals surface area contributed by atoms with Crippen LogP contribution in [0.25, 0.3) is 22.5 Å². The van der Waals surface area contributed by atoms with Crippen molar-refractivity contribution in [1.82, 2.24) is 30.8 Å². The van der Waals surface area contributed by atoms with Gasteiger partial charge < -0.3 is 5.32 Å². The maximum Gasteiger partial charge on any atom is 0.239 e. The maximum atomic E-state index is 13.6. The van der Waals surface area contributed by atoms with E-state index < -0.39 is 16.7 Å². The van der Waals surface area contributed by atoms with Crippen molar-refractivity contribution < 1.29 is 12.8 Å². The van der Waals surface area contributed by atoms with Gasteiger partial charge in [0.2, 0.25) is 15.8 Å². The van der Waals surface area contributed by atoms with Gasteiger partial charge in [-0.25, -0.2) is 17.9 Å². The van der Waals surface area contributed by atoms with Crippen molar-refractivity contribution >= 4 is 10.0 Å². The first-order valence-corrected chi connectivity index (χ1v) is 12.0. The molecule has 4 N–H and O–H groups in total. The van der Waals surface area contributed by atoms with Gasteiger partial charge in [0.25, 0.3) is 0 Å². The summed E-state index contributed by atoms with van der Waals surface area (Å²) in [5.41, 5.74) is 2.66. The minimum absolute atomic E-state index is 0.0383. The van der Waals surface area contributed by atoms with E-state index in [1.165, 1.54) is 18.1 Å². The SMILES string of the molecule is NS(=O)(=O)c1c(CF)ccc(-c2ccc(C3CN(C4CCNC4)C3)cc2)c1-c1nn[nH]n1. The largest absolute Gasteiger partial charge is 0.315 e. The highest BCUT2D eigenvalue weighted by Crippen LogP contribution is 2.38. The number of tetrazole rings is 1. The number of alkyl halides is 1. The Kier molecular flexibility index (Phi) is 5.49. The predicted octanol–water partition coefficient (Wildman–Crippen LogP) is 1.41. The minimum atomic E-state index is -4.24. The van der Waals surface area contributed by atoms with Crippen LogP contribution >= 0.6 is 0 Å². The molecule has 32 heavy (non-hydrogen) atoms. The van der Waals surface area contributed by atoms with E-state index in [1.807, 2.05) is 12.1 Å². The second kappa shape index (κ2) is 8.32. The highest BCUT2D eigenvalue weighted by atomic mass is 32.2. The number of nitrogens with two attached hydrogens (primary N) is 1. The standard InChI is InChI=1S/C21H24FN7O2S/c22-9-15-5-6-18(19(20(15)32(23,30)31)21-25-27-28-26-21)14-3-1-13(2-4-14)16-11-29(12-16)17-7-8-24-10-17/h1-6,16-17,24H,7-12H2,(H2,23,30,31)(H,25,26,27,28). The lowest BCUT2D eigenvalue weighted by Crippen LogP contribution is -2.51. The number of rotatable bonds is 6. The molecule has 1 aromatic heterocycles. The number of sulfonamides is 1. The van der Waals surface area contributed by atoms with Crippen LogP contribution in [0.1, 0.15) is 23.5 Å². The fraction of sp³-hybridized carbons (Fsp3) is 0.381. The Morgan fingerprint density at radius 3 is 2.53 bits per heavy atom. The number of H-pyrrole nitrogens is 1. The van der Waals surface area contributed by atoms with Gasteiger partial charge in [0, 0.05) is 37.2 Å². The molecule has 3 aromatic rings. The van der Waals surface area contributed by atoms with Gasteiger partial charge in [-0.15, -0.1) is 10.2 Å². The second-order valence-corrected chi connectivity index (χ2v) is 9.81. The number of primary sulfonamides is 1. The summed E-state index contributed by atoms with van der Waals surface area (Å²) >= 11 is 0. The molecule has 2 aliphatic heterocycles. The smallest absolute Gasteiger partial charge is 0.239 e. The molecular weight excluding hydrogens is 433 g/mol. The van der Waals surface area contributed by atoms with Crippen molar-refractivity contribution in [1.29, 1.82) is 0 Å². The van der Waals surface area contributed by atoms with Crippen molar-refractivity contribution in [3.63, 3.8) is 0 Å². The summed E-state index contributed by atoms with van der Waals surface area (Å²) < 4.78 is 38.3. The second-order valence-electron chi connectivity index (χ2n) is 8.31. The molecule has 1 unspecified atom stereocenters. The van der Waals surface area contributed by atoms with Gasteiger partial charge in [-0.05, 0) is 34.9 Å². The molecule has 0 spiro atoms. The van der Waals surface area contributed by atoms with Crippen LogP contribution in [0.15, 0.2) is 41.3 Å². The van der Waals surface area contributed by atoms with Crippen molar-refractivity contribution in [2.24, 2.45) is 5.14 Å². The lowest BCUT2D eigenvalue weighted by Gasteiger charge is -2.43. The predicted molar refractivity (Wildman–Crippen MR) is 117 cm³/mol. The highest BCUT2D eigenvalue weighted by molar-refractivity contribution is 7.89. The van der Waals surface area contributed by atoms with E-state index in [0.29, 0.717) is 17.5 Å². The number of aromatic nitrogens is 4. The highest BCUT2D eigenvalue weighted by Gasteiger charge is 2.34. The molecule has 11 heteroatoms. The van der Waals surface area contributed by atoms with E-state index in [1.54, 1.807) is 6.07 Å². The van der Waals surface area contributed by atoms with Crippen LogP contribution in [0.2, 0.25) is 0 Å². The Morgan fingerprint density at radius 1 is 1.16 bits per heavy atom. The Morgan fingerprint density at radius 2 is 1.94 bits per heavy atom. The van der Waals surface area contributed by atoms with E-state index in [4.69, 9.17) is 5.14 Å². The molecule has 0 amide bonds. The van der Waals surface area contributed by atoms with Crippen molar-refractivity contribution in [3.8, 4) is 22.5 Å². The summed E-state index contributed by atoms with van der Waals surface area (Å²) in [7, 11) is -4.24. The van der Waals surface area contributed by atoms with Gasteiger partial charge >= 0.3 is 0 Å². The van der Waals surface area contributed by atoms with Crippen LogP contribution in [0.3, 0.4) is 0 Å². The van der Waals surface area contributed by atoms with Gasteiger partial charge in [-0.2, -0.15) is 5.21 Å². The minimum Gasteiger partial charge on any atom is -0.315 e. The number of halogens is 1. The lowest BCUT2D eigenvalue weighted by atomic mass is 9.88. The Bertz CT molecular complexity index is 1200. The topological polar surface area (TPSA) is 130 Å². The van der Waals surface area contributed by atoms with E-state index in [9.17, 15) is 12.8 Å². The molecule has 2 fully saturated rings. The zero-order valence-electron chi connectivity index (χ0n) is 17.3. The number of hydrogen-bond donors (Lipinski definition) is 3. The monoisotopic (exact) mass is 457 g/mol. The number of nitrogens with zero attached hydrogens (tertiary/aromatic N) is 4. The first kappa shape index (κ1) is 21.1. The summed E-state index contributed by atoms with van der Waals surface area (Å²) in [6, 6.07) is 11.7. The summed E-state index contributed by atoms with van der Waals surface area (Å²) in [4.78, 5) is 2.20. The molecule has 0 bridgehead atoms. The van der Waals surface area contributed by atoms with Gasteiger partial charge in [0.15, 0.2) is 0 Å². The molecular formula is C21H24FN7O2S. The molecule has 9 nitrogen and oxygen atoms in total. The first-order chi connectivity index (χ1) is 15.5. The van der Waals surface area contributed by atoms with E-state index in [-0.39, 0.29) is 21.8 Å². The third-order valence-electron chi connectivity index (χ3n) is 6.39. The third-order valence-corrected chi connectivity index (χ3v) is 7.43. The molecule has 168 valence electrons. The number of nitrogens with one attached hydrogen (secondary N) is 2. The molecule has 1 atom stereocenters. The average Bonchev–Trinajstić information content (AvgIpc) is 3.46. The summed E-state index contributed by atoms with van der Waals surface area (Å²) in [6.45, 7) is 3.25. The molecule has 0 saturated carbocycles. The van der Waals surface area contributed by atoms with Crippen LogP contribution < -0.4 is 10.5 Å². The number of benzene rings is 2. The zero-order chi connectivity index (χ0) is 22.3. The summed E-state index contributed by atoms with van der Waals surface area (Å²) in [5, 5.41) is 22.6. The van der Waals surface area contributed by atoms with Crippen LogP contribution in [-0.2, 0) is 16.7 Å². The third kappa shape index (κ3) is 3.81. The number of aromatic amines is 1. The Hall–Kier alpha value is -2.73. The molecule has 5 rings (SSSR count). The van der Waals surface area contributed by atoms with Crippen molar-refractivity contribution in [2.75, 3.05) is 26.2 Å². The first-order valence-electron chi connectivity index (χ1n) is 10.5. The van der Waals surface area contributed by atoms with Crippen LogP contribution in [0.4, 0.5) is 4.39 Å². The van der Waals surface area contributed by atoms with E-state index in [2.05, 4.69) is 43.0 Å². The molecule has 0 radical (unpaired) electrons. The van der Waals surface area contributed by atoms with Crippen LogP contribution in [0, 0.1) is 0 Å². The number of likely N-dealkylation sites (tertiary alicyclic amines) is 1. The fourth-order valence-corrected chi connectivity index (χ4v) is 5.67. The average molecular weight is 458 g/mol. The van der Waals surface area contributed by atoms with Crippen LogP contribution in [0.5, 0.6) is 0 Å². The molecule has 2 saturated heterocycles. The van der Waals surface area contributed by atoms with Gasteiger partial charge in [0.1, 0.15) is 6.67 Å². The lowest BCUT2D eigenvalue weighted by molar-refractivity contribution is 0.101. The summed E-state index contributed by atoms with van der Waals surface area (Å²) in [5.74, 6) is 0.526. The van der Waals surface area contributed by atoms with Crippen molar-refractivity contribution in [3.05, 3.63) is 47.5 Å². The normalized spacial score (nSPS) is 19.9. The van der Waals surface area contributed by atoms with Crippen LogP contribution in [-0.4, -0.2) is 66.2 Å². The Labute approximate surface area is 185 Å². The fourth-order valence-electron chi connectivity index (χ4n) is 4.69. The number of hydrogen-bond acceptors (Lipinski definition) is 7. The quantitative estimate of drug-likeness (QED) is 0.510. The Balaban J connectivity index is 1.48. The molecule has 3 heterocycles. The summed E-state index contributed by atoms with van der Waals surface area (Å²) in [6.07, 6.45) is 1.20. The van der Waals surface area contributed by atoms with Gasteiger partial charge in [-0.1, -0.05) is 36.4 Å². The molecule has 0 aliphatic carbocycles. The van der Waals surface area contributed by atoms with E-state index >= 15 is 0 Å². The zero-order valence-corrected chi connectivity index (χ0v) is 18.1. The molecule has 2 aliphatic rings. The van der Waals surface area contributed by atoms with Gasteiger partial charge in [0.05, 0.1) is 10.5 Å². The molecule has 2 aromatic carbocycles. The van der Waals surface area contributed by atoms with Gasteiger partial charge in [-0.3, -0.25) is 4.90 Å². The van der Waals surface area contributed by atoms with E-state index in [0.717, 1.165) is 31.7 Å².